The number of aromatic nitrogens is 2. The highest BCUT2D eigenvalue weighted by molar-refractivity contribution is 7.07. The molecule has 152 valence electrons. The molecule has 0 bridgehead atoms. The first-order valence-electron chi connectivity index (χ1n) is 9.95. The molecule has 5 rings (SSSR count). The van der Waals surface area contributed by atoms with Crippen LogP contribution in [0.3, 0.4) is 0 Å². The van der Waals surface area contributed by atoms with E-state index in [4.69, 9.17) is 14.5 Å². The van der Waals surface area contributed by atoms with E-state index in [0.29, 0.717) is 0 Å². The van der Waals surface area contributed by atoms with Gasteiger partial charge in [-0.05, 0) is 49.2 Å². The number of benzene rings is 2. The van der Waals surface area contributed by atoms with Crippen LogP contribution >= 0.6 is 11.3 Å². The van der Waals surface area contributed by atoms with Gasteiger partial charge in [-0.3, -0.25) is 4.98 Å². The van der Waals surface area contributed by atoms with Gasteiger partial charge in [0.1, 0.15) is 11.3 Å². The van der Waals surface area contributed by atoms with E-state index in [-0.39, 0.29) is 0 Å². The molecule has 2 aromatic carbocycles. The average molecular weight is 425 g/mol. The van der Waals surface area contributed by atoms with Crippen LogP contribution in [-0.4, -0.2) is 15.9 Å². The zero-order chi connectivity index (χ0) is 21.2. The van der Waals surface area contributed by atoms with Crippen LogP contribution in [-0.2, 0) is 0 Å². The Bertz CT molecular complexity index is 1400. The summed E-state index contributed by atoms with van der Waals surface area (Å²) in [5, 5.41) is 7.80. The monoisotopic (exact) mass is 424 g/mol. The lowest BCUT2D eigenvalue weighted by Gasteiger charge is -2.04. The molecule has 0 aliphatic heterocycles. The topological polar surface area (TPSA) is 55.7 Å². The number of hydrogen-bond donors (Lipinski definition) is 0. The average Bonchev–Trinajstić information content (AvgIpc) is 3.39. The summed E-state index contributed by atoms with van der Waals surface area (Å²) >= 11 is 1.53. The van der Waals surface area contributed by atoms with Crippen LogP contribution in [0.15, 0.2) is 92.8 Å². The summed E-state index contributed by atoms with van der Waals surface area (Å²) in [4.78, 5) is 10.1. The summed E-state index contributed by atoms with van der Waals surface area (Å²) < 4.78 is 7.93. The van der Waals surface area contributed by atoms with Crippen LogP contribution < -0.4 is 4.80 Å². The number of aryl methyl sites for hydroxylation is 2. The molecule has 0 saturated heterocycles. The lowest BCUT2D eigenvalue weighted by Crippen LogP contribution is -2.12. The first kappa shape index (κ1) is 19.2. The van der Waals surface area contributed by atoms with Gasteiger partial charge < -0.3 is 4.42 Å². The molecule has 31 heavy (non-hydrogen) atoms. The quantitative estimate of drug-likeness (QED) is 0.328. The van der Waals surface area contributed by atoms with Crippen LogP contribution in [0.25, 0.3) is 22.4 Å². The second-order valence-corrected chi connectivity index (χ2v) is 8.05. The Morgan fingerprint density at radius 3 is 2.55 bits per heavy atom. The van der Waals surface area contributed by atoms with E-state index >= 15 is 0 Å². The van der Waals surface area contributed by atoms with Crippen LogP contribution in [0.5, 0.6) is 0 Å². The fraction of sp³-hybridized carbons (Fsp3) is 0.0800. The van der Waals surface area contributed by atoms with Crippen LogP contribution in [0.4, 0.5) is 5.69 Å². The highest BCUT2D eigenvalue weighted by atomic mass is 32.1. The number of hydrogen-bond acceptors (Lipinski definition) is 5. The van der Waals surface area contributed by atoms with Crippen molar-refractivity contribution in [2.24, 2.45) is 10.1 Å². The van der Waals surface area contributed by atoms with Gasteiger partial charge in [-0.15, -0.1) is 11.3 Å². The normalized spacial score (nSPS) is 12.3. The van der Waals surface area contributed by atoms with Gasteiger partial charge in [-0.2, -0.15) is 5.10 Å². The Hall–Kier alpha value is -3.77. The number of para-hydroxylation sites is 2. The molecule has 0 unspecified atom stereocenters. The first-order valence-corrected chi connectivity index (χ1v) is 10.8. The zero-order valence-corrected chi connectivity index (χ0v) is 18.0. The number of rotatable bonds is 4. The molecule has 0 fully saturated rings. The van der Waals surface area contributed by atoms with E-state index in [1.807, 2.05) is 64.7 Å². The molecule has 0 radical (unpaired) electrons. The molecular weight excluding hydrogens is 404 g/mol. The Balaban J connectivity index is 1.70. The van der Waals surface area contributed by atoms with Crippen molar-refractivity contribution >= 4 is 34.2 Å². The van der Waals surface area contributed by atoms with Gasteiger partial charge >= 0.3 is 0 Å². The Kier molecular flexibility index (Phi) is 5.06. The minimum absolute atomic E-state index is 0.749. The van der Waals surface area contributed by atoms with E-state index in [9.17, 15) is 0 Å². The maximum absolute atomic E-state index is 6.11. The molecule has 0 aliphatic rings. The van der Waals surface area contributed by atoms with Gasteiger partial charge in [0.25, 0.3) is 0 Å². The van der Waals surface area contributed by atoms with E-state index in [2.05, 4.69) is 31.0 Å². The smallest absolute Gasteiger partial charge is 0.211 e. The van der Waals surface area contributed by atoms with Crippen LogP contribution in [0.2, 0.25) is 0 Å². The Morgan fingerprint density at radius 1 is 0.968 bits per heavy atom. The molecular formula is C25H20N4OS. The van der Waals surface area contributed by atoms with Crippen molar-refractivity contribution in [1.29, 1.82) is 0 Å². The van der Waals surface area contributed by atoms with Crippen molar-refractivity contribution < 1.29 is 4.42 Å². The van der Waals surface area contributed by atoms with Gasteiger partial charge in [0.2, 0.25) is 4.80 Å². The SMILES string of the molecule is Cc1cccc(C)c1N=c1scc(-c2cc3ccccc3o2)n1N=Cc1ccccn1. The highest BCUT2D eigenvalue weighted by Crippen LogP contribution is 2.29. The summed E-state index contributed by atoms with van der Waals surface area (Å²) in [6.07, 6.45) is 3.49. The van der Waals surface area contributed by atoms with Gasteiger partial charge in [0, 0.05) is 17.0 Å². The summed E-state index contributed by atoms with van der Waals surface area (Å²) in [5.74, 6) is 0.749. The van der Waals surface area contributed by atoms with E-state index in [0.717, 1.165) is 49.7 Å². The van der Waals surface area contributed by atoms with Crippen molar-refractivity contribution in [2.75, 3.05) is 0 Å². The fourth-order valence-electron chi connectivity index (χ4n) is 3.41. The highest BCUT2D eigenvalue weighted by Gasteiger charge is 2.13. The molecule has 0 aliphatic carbocycles. The maximum Gasteiger partial charge on any atom is 0.211 e. The summed E-state index contributed by atoms with van der Waals surface area (Å²) in [5.41, 5.74) is 5.67. The third-order valence-electron chi connectivity index (χ3n) is 5.00. The molecule has 6 heteroatoms. The molecule has 0 atom stereocenters. The second kappa shape index (κ2) is 8.16. The van der Waals surface area contributed by atoms with Gasteiger partial charge in [0.15, 0.2) is 5.76 Å². The molecule has 5 nitrogen and oxygen atoms in total. The third-order valence-corrected chi connectivity index (χ3v) is 5.82. The van der Waals surface area contributed by atoms with Crippen molar-refractivity contribution in [3.63, 3.8) is 0 Å². The first-order chi connectivity index (χ1) is 15.2. The minimum Gasteiger partial charge on any atom is -0.454 e. The number of thiazole rings is 1. The lowest BCUT2D eigenvalue weighted by molar-refractivity contribution is 0.622. The van der Waals surface area contributed by atoms with E-state index < -0.39 is 0 Å². The second-order valence-electron chi connectivity index (χ2n) is 7.22. The fourth-order valence-corrected chi connectivity index (χ4v) is 4.24. The molecule has 0 spiro atoms. The van der Waals surface area contributed by atoms with E-state index in [1.165, 1.54) is 11.3 Å². The van der Waals surface area contributed by atoms with Crippen molar-refractivity contribution in [3.05, 3.63) is 99.9 Å². The van der Waals surface area contributed by atoms with Crippen molar-refractivity contribution in [3.8, 4) is 11.5 Å². The van der Waals surface area contributed by atoms with Crippen LogP contribution in [0.1, 0.15) is 16.8 Å². The summed E-state index contributed by atoms with van der Waals surface area (Å²) in [6.45, 7) is 4.14. The van der Waals surface area contributed by atoms with E-state index in [1.54, 1.807) is 12.4 Å². The molecule has 0 amide bonds. The Labute approximate surface area is 183 Å². The van der Waals surface area contributed by atoms with Crippen LogP contribution in [0, 0.1) is 13.8 Å². The van der Waals surface area contributed by atoms with Crippen molar-refractivity contribution in [1.82, 2.24) is 9.66 Å². The molecule has 0 saturated carbocycles. The zero-order valence-electron chi connectivity index (χ0n) is 17.2. The predicted octanol–water partition coefficient (Wildman–Crippen LogP) is 6.09. The number of nitrogens with zero attached hydrogens (tertiary/aromatic N) is 4. The lowest BCUT2D eigenvalue weighted by atomic mass is 10.1. The number of fused-ring (bicyclic) bond motifs is 1. The molecule has 0 N–H and O–H groups in total. The van der Waals surface area contributed by atoms with Gasteiger partial charge in [0.05, 0.1) is 17.6 Å². The molecule has 5 aromatic rings. The largest absolute Gasteiger partial charge is 0.454 e. The predicted molar refractivity (Wildman–Crippen MR) is 126 cm³/mol. The maximum atomic E-state index is 6.11. The third kappa shape index (κ3) is 3.85. The standard InChI is InChI=1S/C25H20N4OS/c1-17-8-7-9-18(2)24(17)28-25-29(27-15-20-11-5-6-13-26-20)21(16-31-25)23-14-19-10-3-4-12-22(19)30-23/h3-16H,1-2H3. The van der Waals surface area contributed by atoms with Crippen molar-refractivity contribution in [2.45, 2.75) is 13.8 Å². The number of furan rings is 1. The van der Waals surface area contributed by atoms with Gasteiger partial charge in [-0.25, -0.2) is 9.67 Å². The molecule has 3 heterocycles. The number of pyridine rings is 1. The summed E-state index contributed by atoms with van der Waals surface area (Å²) in [6, 6.07) is 21.9. The molecule has 3 aromatic heterocycles. The summed E-state index contributed by atoms with van der Waals surface area (Å²) in [7, 11) is 0. The van der Waals surface area contributed by atoms with Gasteiger partial charge in [-0.1, -0.05) is 42.5 Å². The minimum atomic E-state index is 0.749. The Morgan fingerprint density at radius 2 is 1.77 bits per heavy atom.